The lowest BCUT2D eigenvalue weighted by Crippen LogP contribution is -2.39. The maximum absolute atomic E-state index is 9.33. The normalized spacial score (nSPS) is 28.3. The van der Waals surface area contributed by atoms with E-state index in [1.165, 1.54) is 22.4 Å². The van der Waals surface area contributed by atoms with Crippen molar-refractivity contribution >= 4 is 11.3 Å². The van der Waals surface area contributed by atoms with Gasteiger partial charge in [-0.1, -0.05) is 91.9 Å². The van der Waals surface area contributed by atoms with Gasteiger partial charge in [0.05, 0.1) is 17.7 Å². The fraction of sp³-hybridized carbons (Fsp3) is 0.219. The molecule has 0 amide bonds. The fourth-order valence-corrected chi connectivity index (χ4v) is 6.17. The molecule has 3 heteroatoms. The molecule has 2 heterocycles. The molecule has 0 radical (unpaired) electrons. The molecular formula is C32H29N3. The molecule has 1 fully saturated rings. The van der Waals surface area contributed by atoms with Gasteiger partial charge in [0.25, 0.3) is 0 Å². The second-order valence-electron chi connectivity index (χ2n) is 10.2. The molecule has 3 nitrogen and oxygen atoms in total. The third-order valence-corrected chi connectivity index (χ3v) is 7.91. The molecule has 0 spiro atoms. The highest BCUT2D eigenvalue weighted by Crippen LogP contribution is 2.52. The van der Waals surface area contributed by atoms with E-state index >= 15 is 0 Å². The number of anilines is 1. The Hall–Kier alpha value is -4.03. The molecule has 6 rings (SSSR count). The highest BCUT2D eigenvalue weighted by molar-refractivity contribution is 5.76. The predicted molar refractivity (Wildman–Crippen MR) is 144 cm³/mol. The van der Waals surface area contributed by atoms with Gasteiger partial charge in [-0.15, -0.1) is 0 Å². The zero-order valence-electron chi connectivity index (χ0n) is 20.2. The Morgan fingerprint density at radius 2 is 1.69 bits per heavy atom. The van der Waals surface area contributed by atoms with Gasteiger partial charge < -0.3 is 9.80 Å². The van der Waals surface area contributed by atoms with Gasteiger partial charge in [-0.3, -0.25) is 0 Å². The van der Waals surface area contributed by atoms with Crippen LogP contribution in [0.1, 0.15) is 12.5 Å². The zero-order valence-corrected chi connectivity index (χ0v) is 20.2. The Kier molecular flexibility index (Phi) is 5.11. The van der Waals surface area contributed by atoms with Crippen molar-refractivity contribution in [3.05, 3.63) is 121 Å². The summed E-state index contributed by atoms with van der Waals surface area (Å²) in [5, 5.41) is 9.33. The standard InChI is InChI=1S/C32H29N3/c1-32-17-6-5-12-31(32)35(30-11-4-3-10-29(30)32)28-9-7-8-26(19-28)24-13-15-25(16-14-24)27-18-23(20-33)21-34(2)22-27/h3-19,21,29-31H,22H2,1-2H3. The van der Waals surface area contributed by atoms with Crippen LogP contribution in [-0.4, -0.2) is 30.6 Å². The van der Waals surface area contributed by atoms with Crippen molar-refractivity contribution in [2.24, 2.45) is 11.3 Å². The maximum atomic E-state index is 9.33. The van der Waals surface area contributed by atoms with Crippen LogP contribution in [0.25, 0.3) is 16.7 Å². The Morgan fingerprint density at radius 1 is 0.914 bits per heavy atom. The van der Waals surface area contributed by atoms with Crippen LogP contribution in [0.15, 0.2) is 115 Å². The summed E-state index contributed by atoms with van der Waals surface area (Å²) >= 11 is 0. The van der Waals surface area contributed by atoms with Crippen molar-refractivity contribution in [1.29, 1.82) is 5.26 Å². The van der Waals surface area contributed by atoms with Gasteiger partial charge in [0.15, 0.2) is 0 Å². The quantitative estimate of drug-likeness (QED) is 0.528. The van der Waals surface area contributed by atoms with Crippen LogP contribution >= 0.6 is 0 Å². The summed E-state index contributed by atoms with van der Waals surface area (Å²) < 4.78 is 0. The largest absolute Gasteiger partial charge is 0.375 e. The molecule has 0 saturated carbocycles. The summed E-state index contributed by atoms with van der Waals surface area (Å²) in [6.45, 7) is 3.20. The molecule has 2 aliphatic carbocycles. The first kappa shape index (κ1) is 21.5. The Morgan fingerprint density at radius 3 is 2.51 bits per heavy atom. The van der Waals surface area contributed by atoms with Gasteiger partial charge in [0, 0.05) is 36.8 Å². The summed E-state index contributed by atoms with van der Waals surface area (Å²) in [5.74, 6) is 0.455. The van der Waals surface area contributed by atoms with Crippen molar-refractivity contribution in [2.75, 3.05) is 18.5 Å². The number of hydrogen-bond donors (Lipinski definition) is 0. The van der Waals surface area contributed by atoms with Crippen LogP contribution < -0.4 is 4.90 Å². The minimum absolute atomic E-state index is 0.0793. The van der Waals surface area contributed by atoms with Crippen molar-refractivity contribution in [1.82, 2.24) is 4.90 Å². The van der Waals surface area contributed by atoms with E-state index in [4.69, 9.17) is 0 Å². The number of rotatable bonds is 3. The van der Waals surface area contributed by atoms with Crippen LogP contribution in [0.5, 0.6) is 0 Å². The number of hydrogen-bond acceptors (Lipinski definition) is 3. The molecule has 35 heavy (non-hydrogen) atoms. The van der Waals surface area contributed by atoms with Gasteiger partial charge in [-0.05, 0) is 40.5 Å². The van der Waals surface area contributed by atoms with E-state index in [-0.39, 0.29) is 5.41 Å². The molecule has 0 N–H and O–H groups in total. The van der Waals surface area contributed by atoms with E-state index in [9.17, 15) is 5.26 Å². The third kappa shape index (κ3) is 3.58. The van der Waals surface area contributed by atoms with Crippen molar-refractivity contribution in [3.8, 4) is 17.2 Å². The first-order valence-electron chi connectivity index (χ1n) is 12.3. The summed E-state index contributed by atoms with van der Waals surface area (Å²) in [6.07, 6.45) is 22.2. The molecule has 4 atom stereocenters. The van der Waals surface area contributed by atoms with E-state index in [0.717, 1.165) is 12.1 Å². The van der Waals surface area contributed by atoms with E-state index < -0.39 is 0 Å². The molecule has 4 unspecified atom stereocenters. The maximum Gasteiger partial charge on any atom is 0.101 e. The molecular weight excluding hydrogens is 426 g/mol. The second kappa shape index (κ2) is 8.32. The van der Waals surface area contributed by atoms with Crippen LogP contribution in [0.3, 0.4) is 0 Å². The number of likely N-dealkylation sites (N-methyl/N-ethyl adjacent to an activating group) is 1. The Balaban J connectivity index is 1.32. The van der Waals surface area contributed by atoms with Crippen molar-refractivity contribution < 1.29 is 0 Å². The van der Waals surface area contributed by atoms with Crippen LogP contribution in [-0.2, 0) is 0 Å². The van der Waals surface area contributed by atoms with E-state index in [2.05, 4.69) is 120 Å². The molecule has 2 aliphatic heterocycles. The van der Waals surface area contributed by atoms with Gasteiger partial charge in [-0.25, -0.2) is 0 Å². The molecule has 1 saturated heterocycles. The highest BCUT2D eigenvalue weighted by Gasteiger charge is 2.53. The summed E-state index contributed by atoms with van der Waals surface area (Å²) in [4.78, 5) is 4.66. The van der Waals surface area contributed by atoms with Crippen LogP contribution in [0.4, 0.5) is 5.69 Å². The lowest BCUT2D eigenvalue weighted by molar-refractivity contribution is 0.344. The minimum Gasteiger partial charge on any atom is -0.375 e. The van der Waals surface area contributed by atoms with Crippen molar-refractivity contribution in [2.45, 2.75) is 19.0 Å². The number of benzene rings is 2. The van der Waals surface area contributed by atoms with Gasteiger partial charge in [0.2, 0.25) is 0 Å². The van der Waals surface area contributed by atoms with Crippen LogP contribution in [0, 0.1) is 22.7 Å². The first-order valence-corrected chi connectivity index (χ1v) is 12.3. The highest BCUT2D eigenvalue weighted by atomic mass is 15.2. The number of allylic oxidation sites excluding steroid dienone is 6. The van der Waals surface area contributed by atoms with E-state index in [1.807, 2.05) is 19.3 Å². The average Bonchev–Trinajstić information content (AvgIpc) is 3.17. The fourth-order valence-electron chi connectivity index (χ4n) is 6.17. The molecule has 2 aromatic rings. The smallest absolute Gasteiger partial charge is 0.101 e. The third-order valence-electron chi connectivity index (χ3n) is 7.91. The van der Waals surface area contributed by atoms with Gasteiger partial charge in [-0.2, -0.15) is 5.26 Å². The number of nitriles is 1. The SMILES string of the molecule is CN1C=C(C#N)C=C(c2ccc(-c3cccc(N4C5C=CC=CC5C5(C)C=CC=CC45)c3)cc2)C1. The Labute approximate surface area is 208 Å². The van der Waals surface area contributed by atoms with Gasteiger partial charge >= 0.3 is 0 Å². The topological polar surface area (TPSA) is 30.3 Å². The second-order valence-corrected chi connectivity index (χ2v) is 10.2. The average molecular weight is 456 g/mol. The molecule has 172 valence electrons. The van der Waals surface area contributed by atoms with Crippen LogP contribution in [0.2, 0.25) is 0 Å². The number of nitrogens with zero attached hydrogens (tertiary/aromatic N) is 3. The molecule has 4 aliphatic rings. The lowest BCUT2D eigenvalue weighted by Gasteiger charge is -2.35. The summed E-state index contributed by atoms with van der Waals surface area (Å²) in [7, 11) is 2.01. The monoisotopic (exact) mass is 455 g/mol. The lowest BCUT2D eigenvalue weighted by atomic mass is 9.70. The molecule has 0 bridgehead atoms. The first-order chi connectivity index (χ1) is 17.1. The minimum atomic E-state index is 0.0793. The summed E-state index contributed by atoms with van der Waals surface area (Å²) in [5.41, 5.74) is 6.79. The molecule has 0 aromatic heterocycles. The van der Waals surface area contributed by atoms with E-state index in [1.54, 1.807) is 0 Å². The predicted octanol–water partition coefficient (Wildman–Crippen LogP) is 6.52. The van der Waals surface area contributed by atoms with Crippen molar-refractivity contribution in [3.63, 3.8) is 0 Å². The number of fused-ring (bicyclic) bond motifs is 3. The molecule has 2 aromatic carbocycles. The zero-order chi connectivity index (χ0) is 24.0. The Bertz CT molecular complexity index is 1380. The van der Waals surface area contributed by atoms with E-state index in [0.29, 0.717) is 23.6 Å². The summed E-state index contributed by atoms with van der Waals surface area (Å²) in [6, 6.07) is 20.6. The van der Waals surface area contributed by atoms with Gasteiger partial charge in [0.1, 0.15) is 6.07 Å².